The quantitative estimate of drug-likeness (QED) is 0.815. The van der Waals surface area contributed by atoms with Crippen LogP contribution in [-0.2, 0) is 16.4 Å². The molecule has 2 aromatic rings. The van der Waals surface area contributed by atoms with E-state index in [9.17, 15) is 8.42 Å². The third kappa shape index (κ3) is 2.40. The number of fused-ring (bicyclic) bond motifs is 1. The molecule has 0 radical (unpaired) electrons. The smallest absolute Gasteiger partial charge is 0.264 e. The van der Waals surface area contributed by atoms with Gasteiger partial charge in [-0.15, -0.1) is 0 Å². The van der Waals surface area contributed by atoms with Crippen molar-refractivity contribution in [3.63, 3.8) is 0 Å². The zero-order chi connectivity index (χ0) is 15.9. The molecule has 0 amide bonds. The van der Waals surface area contributed by atoms with Crippen LogP contribution in [0.25, 0.3) is 0 Å². The molecule has 0 spiro atoms. The Labute approximate surface area is 138 Å². The van der Waals surface area contributed by atoms with Gasteiger partial charge in [0.1, 0.15) is 5.75 Å². The fourth-order valence-electron chi connectivity index (χ4n) is 2.82. The number of anilines is 1. The molecule has 0 N–H and O–H groups in total. The Morgan fingerprint density at radius 3 is 2.68 bits per heavy atom. The second kappa shape index (κ2) is 5.59. The van der Waals surface area contributed by atoms with Crippen molar-refractivity contribution in [2.75, 3.05) is 11.4 Å². The minimum absolute atomic E-state index is 0.1000. The fourth-order valence-corrected chi connectivity index (χ4v) is 4.93. The van der Waals surface area contributed by atoms with Crippen molar-refractivity contribution in [1.82, 2.24) is 0 Å². The number of ether oxygens (including phenoxy) is 1. The summed E-state index contributed by atoms with van der Waals surface area (Å²) in [5, 5.41) is 0. The van der Waals surface area contributed by atoms with Gasteiger partial charge in [0, 0.05) is 12.1 Å². The molecule has 1 aliphatic rings. The molecule has 0 aliphatic carbocycles. The molecule has 0 aromatic heterocycles. The van der Waals surface area contributed by atoms with Crippen molar-refractivity contribution >= 4 is 31.6 Å². The minimum Gasteiger partial charge on any atom is -0.496 e. The topological polar surface area (TPSA) is 46.6 Å². The number of methoxy groups -OCH3 is 1. The van der Waals surface area contributed by atoms with Gasteiger partial charge in [0.05, 0.1) is 22.2 Å². The Hall–Kier alpha value is -1.53. The summed E-state index contributed by atoms with van der Waals surface area (Å²) in [7, 11) is -2.10. The molecule has 6 heteroatoms. The number of rotatable bonds is 3. The van der Waals surface area contributed by atoms with E-state index >= 15 is 0 Å². The number of sulfonamides is 1. The van der Waals surface area contributed by atoms with Crippen LogP contribution in [-0.4, -0.2) is 21.6 Å². The van der Waals surface area contributed by atoms with Crippen molar-refractivity contribution in [1.29, 1.82) is 0 Å². The van der Waals surface area contributed by atoms with Crippen LogP contribution in [0.4, 0.5) is 5.69 Å². The molecule has 1 atom stereocenters. The minimum atomic E-state index is -3.62. The van der Waals surface area contributed by atoms with Crippen LogP contribution in [0, 0.1) is 0 Å². The third-order valence-corrected chi connectivity index (χ3v) is 6.40. The van der Waals surface area contributed by atoms with Gasteiger partial charge in [0.15, 0.2) is 0 Å². The molecular weight excluding hydrogens is 366 g/mol. The monoisotopic (exact) mass is 381 g/mol. The van der Waals surface area contributed by atoms with Crippen LogP contribution in [0.2, 0.25) is 0 Å². The summed E-state index contributed by atoms with van der Waals surface area (Å²) in [6.07, 6.45) is 0.725. The third-order valence-electron chi connectivity index (χ3n) is 3.82. The Balaban J connectivity index is 2.11. The van der Waals surface area contributed by atoms with E-state index in [2.05, 4.69) is 15.9 Å². The SMILES string of the molecule is COc1cc(S(=O)(=O)N2c3ccccc3CC2C)ccc1Br. The molecule has 0 saturated carbocycles. The van der Waals surface area contributed by atoms with Crippen molar-refractivity contribution in [3.05, 3.63) is 52.5 Å². The number of hydrogen-bond acceptors (Lipinski definition) is 3. The van der Waals surface area contributed by atoms with Crippen LogP contribution in [0.5, 0.6) is 5.75 Å². The van der Waals surface area contributed by atoms with Gasteiger partial charge in [-0.3, -0.25) is 4.31 Å². The standard InChI is InChI=1S/C16H16BrNO3S/c1-11-9-12-5-3-4-6-15(12)18(11)22(19,20)13-7-8-14(17)16(10-13)21-2/h3-8,10-11H,9H2,1-2H3. The van der Waals surface area contributed by atoms with E-state index in [4.69, 9.17) is 4.74 Å². The van der Waals surface area contributed by atoms with Crippen molar-refractivity contribution in [2.24, 2.45) is 0 Å². The number of hydrogen-bond donors (Lipinski definition) is 0. The summed E-state index contributed by atoms with van der Waals surface area (Å²) in [6, 6.07) is 12.4. The van der Waals surface area contributed by atoms with Gasteiger partial charge in [-0.05, 0) is 53.0 Å². The first kappa shape index (κ1) is 15.4. The Bertz CT molecular complexity index is 820. The summed E-state index contributed by atoms with van der Waals surface area (Å²) in [4.78, 5) is 0.233. The van der Waals surface area contributed by atoms with Crippen LogP contribution in [0.15, 0.2) is 51.8 Å². The average molecular weight is 382 g/mol. The number of para-hydroxylation sites is 1. The summed E-state index contributed by atoms with van der Waals surface area (Å²) in [5.41, 5.74) is 1.82. The van der Waals surface area contributed by atoms with E-state index < -0.39 is 10.0 Å². The maximum Gasteiger partial charge on any atom is 0.264 e. The molecule has 1 heterocycles. The summed E-state index contributed by atoms with van der Waals surface area (Å²) < 4.78 is 33.5. The van der Waals surface area contributed by atoms with E-state index in [1.165, 1.54) is 11.4 Å². The second-order valence-corrected chi connectivity index (χ2v) is 7.95. The fraction of sp³-hybridized carbons (Fsp3) is 0.250. The summed E-state index contributed by atoms with van der Waals surface area (Å²) in [5.74, 6) is 0.501. The largest absolute Gasteiger partial charge is 0.496 e. The molecule has 1 unspecified atom stereocenters. The second-order valence-electron chi connectivity index (χ2n) is 5.28. The molecule has 0 bridgehead atoms. The van der Waals surface area contributed by atoms with Gasteiger partial charge in [0.25, 0.3) is 10.0 Å². The lowest BCUT2D eigenvalue weighted by Gasteiger charge is -2.24. The highest BCUT2D eigenvalue weighted by Gasteiger charge is 2.36. The van der Waals surface area contributed by atoms with Crippen LogP contribution >= 0.6 is 15.9 Å². The number of benzene rings is 2. The van der Waals surface area contributed by atoms with E-state index in [-0.39, 0.29) is 10.9 Å². The van der Waals surface area contributed by atoms with Gasteiger partial charge >= 0.3 is 0 Å². The lowest BCUT2D eigenvalue weighted by Crippen LogP contribution is -2.35. The van der Waals surface area contributed by atoms with E-state index in [0.29, 0.717) is 5.75 Å². The Kier molecular flexibility index (Phi) is 3.91. The first-order chi connectivity index (χ1) is 10.4. The molecule has 1 aliphatic heterocycles. The van der Waals surface area contributed by atoms with Gasteiger partial charge in [-0.25, -0.2) is 8.42 Å². The normalized spacial score (nSPS) is 17.4. The molecule has 0 saturated heterocycles. The van der Waals surface area contributed by atoms with Crippen LogP contribution in [0.1, 0.15) is 12.5 Å². The maximum absolute atomic E-state index is 13.0. The van der Waals surface area contributed by atoms with Gasteiger partial charge in [-0.1, -0.05) is 18.2 Å². The molecule has 116 valence electrons. The Morgan fingerprint density at radius 1 is 1.23 bits per heavy atom. The highest BCUT2D eigenvalue weighted by molar-refractivity contribution is 9.10. The van der Waals surface area contributed by atoms with Gasteiger partial charge < -0.3 is 4.74 Å². The lowest BCUT2D eigenvalue weighted by atomic mass is 10.1. The van der Waals surface area contributed by atoms with E-state index in [1.54, 1.807) is 18.2 Å². The predicted molar refractivity (Wildman–Crippen MR) is 90.0 cm³/mol. The van der Waals surface area contributed by atoms with E-state index in [0.717, 1.165) is 22.1 Å². The van der Waals surface area contributed by atoms with Crippen molar-refractivity contribution in [2.45, 2.75) is 24.3 Å². The molecule has 3 rings (SSSR count). The summed E-state index contributed by atoms with van der Waals surface area (Å²) >= 11 is 3.35. The van der Waals surface area contributed by atoms with Crippen molar-refractivity contribution < 1.29 is 13.2 Å². The summed E-state index contributed by atoms with van der Waals surface area (Å²) in [6.45, 7) is 1.92. The molecular formula is C16H16BrNO3S. The predicted octanol–water partition coefficient (Wildman–Crippen LogP) is 3.60. The Morgan fingerprint density at radius 2 is 1.95 bits per heavy atom. The molecule has 4 nitrogen and oxygen atoms in total. The average Bonchev–Trinajstić information content (AvgIpc) is 2.83. The number of halogens is 1. The molecule has 0 fully saturated rings. The zero-order valence-corrected chi connectivity index (χ0v) is 14.7. The van der Waals surface area contributed by atoms with Gasteiger partial charge in [0.2, 0.25) is 0 Å². The van der Waals surface area contributed by atoms with E-state index in [1.807, 2.05) is 31.2 Å². The first-order valence-corrected chi connectivity index (χ1v) is 9.14. The maximum atomic E-state index is 13.0. The van der Waals surface area contributed by atoms with Gasteiger partial charge in [-0.2, -0.15) is 0 Å². The lowest BCUT2D eigenvalue weighted by molar-refractivity contribution is 0.410. The van der Waals surface area contributed by atoms with Crippen LogP contribution < -0.4 is 9.04 Å². The highest BCUT2D eigenvalue weighted by atomic mass is 79.9. The van der Waals surface area contributed by atoms with Crippen molar-refractivity contribution in [3.8, 4) is 5.75 Å². The molecule has 2 aromatic carbocycles. The number of nitrogens with zero attached hydrogens (tertiary/aromatic N) is 1. The highest BCUT2D eigenvalue weighted by Crippen LogP contribution is 2.37. The first-order valence-electron chi connectivity index (χ1n) is 6.91. The van der Waals surface area contributed by atoms with Crippen LogP contribution in [0.3, 0.4) is 0 Å². The molecule has 22 heavy (non-hydrogen) atoms. The zero-order valence-electron chi connectivity index (χ0n) is 12.3.